The minimum absolute atomic E-state index is 0.0391. The van der Waals surface area contributed by atoms with Crippen molar-refractivity contribution in [2.45, 2.75) is 0 Å². The highest BCUT2D eigenvalue weighted by atomic mass is 35.5. The number of imidazole rings is 1. The van der Waals surface area contributed by atoms with Crippen LogP contribution in [0.15, 0.2) is 65.7 Å². The Morgan fingerprint density at radius 2 is 1.88 bits per heavy atom. The van der Waals surface area contributed by atoms with Crippen molar-refractivity contribution >= 4 is 68.8 Å². The van der Waals surface area contributed by atoms with E-state index in [-0.39, 0.29) is 16.2 Å². The maximum absolute atomic E-state index is 14.5. The minimum Gasteiger partial charge on any atom is -0.298 e. The van der Waals surface area contributed by atoms with E-state index in [1.54, 1.807) is 53.1 Å². The van der Waals surface area contributed by atoms with Gasteiger partial charge in [0.05, 0.1) is 11.4 Å². The topological polar surface area (TPSA) is 66.7 Å². The molecule has 32 heavy (non-hydrogen) atoms. The quantitative estimate of drug-likeness (QED) is 0.261. The summed E-state index contributed by atoms with van der Waals surface area (Å²) in [5.74, 6) is -1.71. The molecule has 0 saturated carbocycles. The SMILES string of the molecule is O=C1NC(=S)N(c2ccc(Cl)cc2)C(=O)C1=Cc1c(-c2ccccc2F)nc2sccn12. The molecule has 2 aromatic carbocycles. The standard InChI is InChI=1S/C22H12ClFN4O2S2/c23-12-5-7-13(8-6-12)28-20(30)15(19(29)26-21(28)31)11-17-18(14-3-1-2-4-16(14)24)25-22-27(17)9-10-32-22/h1-11H,(H,26,29,31). The van der Waals surface area contributed by atoms with Gasteiger partial charge in [0.1, 0.15) is 17.1 Å². The summed E-state index contributed by atoms with van der Waals surface area (Å²) in [7, 11) is 0. The molecule has 0 radical (unpaired) electrons. The molecule has 0 atom stereocenters. The molecule has 1 aliphatic heterocycles. The number of anilines is 1. The summed E-state index contributed by atoms with van der Waals surface area (Å²) in [6.45, 7) is 0. The van der Waals surface area contributed by atoms with Crippen molar-refractivity contribution in [3.63, 3.8) is 0 Å². The van der Waals surface area contributed by atoms with Crippen molar-refractivity contribution in [3.05, 3.63) is 82.2 Å². The van der Waals surface area contributed by atoms with Gasteiger partial charge in [0.15, 0.2) is 10.1 Å². The second-order valence-corrected chi connectivity index (χ2v) is 8.51. The van der Waals surface area contributed by atoms with Crippen molar-refractivity contribution in [3.8, 4) is 11.3 Å². The Hall–Kier alpha value is -3.40. The molecule has 4 aromatic rings. The summed E-state index contributed by atoms with van der Waals surface area (Å²) in [6.07, 6.45) is 3.16. The van der Waals surface area contributed by atoms with Crippen LogP contribution in [0.3, 0.4) is 0 Å². The van der Waals surface area contributed by atoms with Gasteiger partial charge >= 0.3 is 0 Å². The van der Waals surface area contributed by atoms with Crippen molar-refractivity contribution in [2.75, 3.05) is 4.90 Å². The average Bonchev–Trinajstić information content (AvgIpc) is 3.35. The highest BCUT2D eigenvalue weighted by Gasteiger charge is 2.35. The van der Waals surface area contributed by atoms with Gasteiger partial charge in [0.25, 0.3) is 11.8 Å². The van der Waals surface area contributed by atoms with E-state index in [1.807, 2.05) is 5.38 Å². The first-order valence-corrected chi connectivity index (χ1v) is 11.0. The number of nitrogens with one attached hydrogen (secondary N) is 1. The molecule has 2 aromatic heterocycles. The van der Waals surface area contributed by atoms with Crippen LogP contribution in [0.1, 0.15) is 5.69 Å². The smallest absolute Gasteiger partial charge is 0.270 e. The number of rotatable bonds is 3. The molecule has 0 unspecified atom stereocenters. The van der Waals surface area contributed by atoms with E-state index >= 15 is 0 Å². The van der Waals surface area contributed by atoms with E-state index in [1.165, 1.54) is 28.4 Å². The lowest BCUT2D eigenvalue weighted by Crippen LogP contribution is -2.54. The number of carbonyl (C=O) groups excluding carboxylic acids is 2. The molecular weight excluding hydrogens is 471 g/mol. The first-order valence-electron chi connectivity index (χ1n) is 9.31. The first-order chi connectivity index (χ1) is 15.4. The predicted octanol–water partition coefficient (Wildman–Crippen LogP) is 4.69. The van der Waals surface area contributed by atoms with E-state index in [2.05, 4.69) is 10.3 Å². The lowest BCUT2D eigenvalue weighted by molar-refractivity contribution is -0.122. The molecule has 0 spiro atoms. The summed E-state index contributed by atoms with van der Waals surface area (Å²) >= 11 is 12.5. The number of hydrogen-bond acceptors (Lipinski definition) is 5. The molecular formula is C22H12ClFN4O2S2. The molecule has 10 heteroatoms. The number of fused-ring (bicyclic) bond motifs is 1. The molecule has 1 saturated heterocycles. The fraction of sp³-hybridized carbons (Fsp3) is 0. The Balaban J connectivity index is 1.66. The summed E-state index contributed by atoms with van der Waals surface area (Å²) in [5.41, 5.74) is 1.31. The van der Waals surface area contributed by atoms with Crippen molar-refractivity contribution in [1.82, 2.24) is 14.7 Å². The highest BCUT2D eigenvalue weighted by molar-refractivity contribution is 7.80. The molecule has 1 fully saturated rings. The second kappa shape index (κ2) is 7.94. The average molecular weight is 483 g/mol. The van der Waals surface area contributed by atoms with E-state index in [9.17, 15) is 14.0 Å². The Morgan fingerprint density at radius 1 is 1.12 bits per heavy atom. The molecule has 6 nitrogen and oxygen atoms in total. The number of aromatic nitrogens is 2. The van der Waals surface area contributed by atoms with Crippen LogP contribution >= 0.6 is 35.2 Å². The van der Waals surface area contributed by atoms with Gasteiger partial charge in [-0.05, 0) is 54.7 Å². The number of hydrogen-bond donors (Lipinski definition) is 1. The number of amides is 2. The summed E-state index contributed by atoms with van der Waals surface area (Å²) in [4.78, 5) is 32.4. The predicted molar refractivity (Wildman–Crippen MR) is 126 cm³/mol. The number of thiocarbonyl (C=S) groups is 1. The van der Waals surface area contributed by atoms with E-state index < -0.39 is 17.6 Å². The third kappa shape index (κ3) is 3.40. The van der Waals surface area contributed by atoms with E-state index in [0.717, 1.165) is 0 Å². The maximum Gasteiger partial charge on any atom is 0.270 e. The van der Waals surface area contributed by atoms with Crippen LogP contribution in [0.5, 0.6) is 0 Å². The molecule has 1 aliphatic rings. The monoisotopic (exact) mass is 482 g/mol. The maximum atomic E-state index is 14.5. The van der Waals surface area contributed by atoms with Crippen LogP contribution in [0.2, 0.25) is 5.02 Å². The first kappa shape index (κ1) is 20.5. The second-order valence-electron chi connectivity index (χ2n) is 6.82. The zero-order valence-electron chi connectivity index (χ0n) is 16.1. The van der Waals surface area contributed by atoms with Crippen LogP contribution in [-0.2, 0) is 9.59 Å². The number of halogens is 2. The fourth-order valence-electron chi connectivity index (χ4n) is 3.41. The van der Waals surface area contributed by atoms with Gasteiger partial charge in [-0.1, -0.05) is 23.7 Å². The van der Waals surface area contributed by atoms with Gasteiger partial charge in [0.2, 0.25) is 0 Å². The molecule has 1 N–H and O–H groups in total. The fourth-order valence-corrected chi connectivity index (χ4v) is 4.54. The Morgan fingerprint density at radius 3 is 2.62 bits per heavy atom. The Bertz CT molecular complexity index is 1440. The number of thiazole rings is 1. The zero-order chi connectivity index (χ0) is 22.4. The highest BCUT2D eigenvalue weighted by Crippen LogP contribution is 2.31. The molecule has 0 bridgehead atoms. The van der Waals surface area contributed by atoms with Crippen LogP contribution in [0.4, 0.5) is 10.1 Å². The van der Waals surface area contributed by atoms with Crippen molar-refractivity contribution < 1.29 is 14.0 Å². The number of benzene rings is 2. The van der Waals surface area contributed by atoms with Gasteiger partial charge in [-0.15, -0.1) is 11.3 Å². The van der Waals surface area contributed by atoms with Gasteiger partial charge in [-0.25, -0.2) is 9.37 Å². The zero-order valence-corrected chi connectivity index (χ0v) is 18.5. The van der Waals surface area contributed by atoms with Crippen molar-refractivity contribution in [1.29, 1.82) is 0 Å². The number of carbonyl (C=O) groups is 2. The van der Waals surface area contributed by atoms with Crippen LogP contribution < -0.4 is 10.2 Å². The molecule has 3 heterocycles. The normalized spacial score (nSPS) is 15.6. The number of nitrogens with zero attached hydrogens (tertiary/aromatic N) is 3. The Labute approximate surface area is 195 Å². The molecule has 5 rings (SSSR count). The summed E-state index contributed by atoms with van der Waals surface area (Å²) in [6, 6.07) is 12.7. The third-order valence-corrected chi connectivity index (χ3v) is 6.19. The minimum atomic E-state index is -0.644. The lowest BCUT2D eigenvalue weighted by Gasteiger charge is -2.28. The van der Waals surface area contributed by atoms with Gasteiger partial charge in [-0.2, -0.15) is 0 Å². The summed E-state index contributed by atoms with van der Waals surface area (Å²) in [5, 5.41) is 4.81. The van der Waals surface area contributed by atoms with E-state index in [0.29, 0.717) is 27.1 Å². The van der Waals surface area contributed by atoms with Crippen LogP contribution in [0.25, 0.3) is 22.3 Å². The lowest BCUT2D eigenvalue weighted by atomic mass is 10.1. The van der Waals surface area contributed by atoms with Crippen molar-refractivity contribution in [2.24, 2.45) is 0 Å². The Kier molecular flexibility index (Phi) is 5.09. The molecule has 2 amide bonds. The van der Waals surface area contributed by atoms with Crippen LogP contribution in [-0.4, -0.2) is 26.3 Å². The largest absolute Gasteiger partial charge is 0.298 e. The summed E-state index contributed by atoms with van der Waals surface area (Å²) < 4.78 is 16.2. The third-order valence-electron chi connectivity index (χ3n) is 4.90. The van der Waals surface area contributed by atoms with Gasteiger partial charge in [-0.3, -0.25) is 24.2 Å². The molecule has 0 aliphatic carbocycles. The van der Waals surface area contributed by atoms with Crippen LogP contribution in [0, 0.1) is 5.82 Å². The van der Waals surface area contributed by atoms with E-state index in [4.69, 9.17) is 23.8 Å². The molecule has 158 valence electrons. The van der Waals surface area contributed by atoms with Gasteiger partial charge < -0.3 is 0 Å². The van der Waals surface area contributed by atoms with Gasteiger partial charge in [0, 0.05) is 22.2 Å².